The fraction of sp³-hybridized carbons (Fsp3) is 0.840. The molecule has 3 rings (SSSR count). The number of esters is 1. The largest absolute Gasteiger partial charge is 0.465 e. The van der Waals surface area contributed by atoms with E-state index in [0.29, 0.717) is 30.7 Å². The number of ether oxygens (including phenoxy) is 2. The van der Waals surface area contributed by atoms with E-state index in [1.807, 2.05) is 20.8 Å². The van der Waals surface area contributed by atoms with E-state index in [1.54, 1.807) is 0 Å². The number of carbonyl (C=O) groups excluding carboxylic acids is 3. The van der Waals surface area contributed by atoms with Crippen LogP contribution in [0.2, 0.25) is 0 Å². The van der Waals surface area contributed by atoms with Crippen molar-refractivity contribution in [2.45, 2.75) is 84.5 Å². The minimum atomic E-state index is -4.73. The SMILES string of the molecule is COCCOC(=O)C(C)(C)COS(=O)(=O)ON1C(=O)N2C[C@H]1CC[C@H]2C(=O)NC1CCN(C(=O)O)C(C(C)(C)C)C1. The highest BCUT2D eigenvalue weighted by Crippen LogP contribution is 2.34. The summed E-state index contributed by atoms with van der Waals surface area (Å²) in [4.78, 5) is 53.0. The molecule has 15 nitrogen and oxygen atoms in total. The molecule has 3 aliphatic heterocycles. The van der Waals surface area contributed by atoms with Crippen molar-refractivity contribution < 1.29 is 50.6 Å². The van der Waals surface area contributed by atoms with Crippen molar-refractivity contribution in [3.8, 4) is 0 Å². The van der Waals surface area contributed by atoms with Gasteiger partial charge in [-0.2, -0.15) is 13.5 Å². The highest BCUT2D eigenvalue weighted by molar-refractivity contribution is 7.81. The van der Waals surface area contributed by atoms with Crippen molar-refractivity contribution in [3.05, 3.63) is 0 Å². The Kier molecular flexibility index (Phi) is 10.1. The van der Waals surface area contributed by atoms with Crippen LogP contribution >= 0.6 is 0 Å². The Hall–Kier alpha value is -2.69. The number of amides is 4. The molecule has 234 valence electrons. The predicted molar refractivity (Wildman–Crippen MR) is 142 cm³/mol. The van der Waals surface area contributed by atoms with Crippen LogP contribution in [0.3, 0.4) is 0 Å². The minimum Gasteiger partial charge on any atom is -0.465 e. The number of nitrogens with zero attached hydrogens (tertiary/aromatic N) is 3. The van der Waals surface area contributed by atoms with Crippen LogP contribution < -0.4 is 5.32 Å². The van der Waals surface area contributed by atoms with Gasteiger partial charge in [0.2, 0.25) is 5.91 Å². The van der Waals surface area contributed by atoms with E-state index in [1.165, 1.54) is 30.8 Å². The third-order valence-corrected chi connectivity index (χ3v) is 8.38. The molecule has 0 aromatic carbocycles. The number of urea groups is 1. The molecule has 2 bridgehead atoms. The van der Waals surface area contributed by atoms with Gasteiger partial charge in [0.1, 0.15) is 12.6 Å². The first-order valence-electron chi connectivity index (χ1n) is 13.6. The molecular weight excluding hydrogens is 564 g/mol. The highest BCUT2D eigenvalue weighted by Gasteiger charge is 2.50. The zero-order valence-corrected chi connectivity index (χ0v) is 25.3. The summed E-state index contributed by atoms with van der Waals surface area (Å²) in [6.07, 6.45) is 0.483. The summed E-state index contributed by atoms with van der Waals surface area (Å²) in [5.41, 5.74) is -1.66. The molecule has 3 heterocycles. The van der Waals surface area contributed by atoms with E-state index in [9.17, 15) is 32.7 Å². The van der Waals surface area contributed by atoms with Crippen molar-refractivity contribution in [3.63, 3.8) is 0 Å². The second-order valence-electron chi connectivity index (χ2n) is 12.4. The molecule has 4 atom stereocenters. The lowest BCUT2D eigenvalue weighted by Gasteiger charge is -2.45. The maximum atomic E-state index is 13.2. The summed E-state index contributed by atoms with van der Waals surface area (Å²) in [6, 6.07) is -2.80. The normalized spacial score (nSPS) is 25.3. The molecule has 2 N–H and O–H groups in total. The van der Waals surface area contributed by atoms with Crippen LogP contribution in [0.5, 0.6) is 0 Å². The summed E-state index contributed by atoms with van der Waals surface area (Å²) < 4.78 is 44.9. The maximum absolute atomic E-state index is 13.2. The van der Waals surface area contributed by atoms with Crippen molar-refractivity contribution in [2.24, 2.45) is 10.8 Å². The second kappa shape index (κ2) is 12.7. The quantitative estimate of drug-likeness (QED) is 0.256. The van der Waals surface area contributed by atoms with E-state index >= 15 is 0 Å². The van der Waals surface area contributed by atoms with Gasteiger partial charge in [-0.15, -0.1) is 4.28 Å². The number of hydrogen-bond donors (Lipinski definition) is 2. The number of hydroxylamine groups is 2. The molecule has 3 aliphatic rings. The molecular formula is C25H42N4O11S. The lowest BCUT2D eigenvalue weighted by atomic mass is 9.79. The lowest BCUT2D eigenvalue weighted by Crippen LogP contribution is -2.58. The first-order valence-corrected chi connectivity index (χ1v) is 14.9. The maximum Gasteiger partial charge on any atom is 0.421 e. The summed E-state index contributed by atoms with van der Waals surface area (Å²) in [6.45, 7) is 8.68. The molecule has 41 heavy (non-hydrogen) atoms. The number of carbonyl (C=O) groups is 4. The molecule has 3 fully saturated rings. The molecule has 4 amide bonds. The smallest absolute Gasteiger partial charge is 0.421 e. The molecule has 0 aromatic rings. The number of methoxy groups -OCH3 is 1. The number of piperidine rings is 2. The first-order chi connectivity index (χ1) is 19.0. The average Bonchev–Trinajstić information content (AvgIpc) is 3.11. The Morgan fingerprint density at radius 1 is 1.07 bits per heavy atom. The fourth-order valence-electron chi connectivity index (χ4n) is 5.26. The van der Waals surface area contributed by atoms with E-state index in [0.717, 1.165) is 0 Å². The van der Waals surface area contributed by atoms with E-state index in [4.69, 9.17) is 17.9 Å². The third-order valence-electron chi connectivity index (χ3n) is 7.63. The van der Waals surface area contributed by atoms with Gasteiger partial charge in [0, 0.05) is 32.3 Å². The summed E-state index contributed by atoms with van der Waals surface area (Å²) in [5.74, 6) is -1.08. The van der Waals surface area contributed by atoms with Crippen molar-refractivity contribution in [2.75, 3.05) is 40.0 Å². The standard InChI is InChI=1S/C25H42N4O11S/c1-24(2,3)19-13-16(9-10-27(19)23(33)34)26-20(30)18-8-7-17-14-28(18)22(32)29(17)40-41(35,36)39-15-25(4,5)21(31)38-12-11-37-6/h16-19H,7-15H2,1-6H3,(H,26,30)(H,33,34)/t16?,17-,18+,19?/m1/s1. The van der Waals surface area contributed by atoms with Crippen molar-refractivity contribution >= 4 is 34.4 Å². The Balaban J connectivity index is 1.58. The fourth-order valence-corrected chi connectivity index (χ4v) is 6.12. The van der Waals surface area contributed by atoms with Gasteiger partial charge in [-0.25, -0.2) is 13.8 Å². The van der Waals surface area contributed by atoms with Gasteiger partial charge in [-0.05, 0) is 44.9 Å². The molecule has 0 aliphatic carbocycles. The number of carboxylic acid groups (broad SMARTS) is 1. The number of hydrogen-bond acceptors (Lipinski definition) is 10. The van der Waals surface area contributed by atoms with Crippen LogP contribution in [0.4, 0.5) is 9.59 Å². The van der Waals surface area contributed by atoms with Crippen LogP contribution in [-0.2, 0) is 37.9 Å². The Bertz CT molecular complexity index is 1110. The van der Waals surface area contributed by atoms with Gasteiger partial charge in [0.15, 0.2) is 0 Å². The molecule has 0 aromatic heterocycles. The van der Waals surface area contributed by atoms with Gasteiger partial charge in [-0.1, -0.05) is 20.8 Å². The molecule has 0 saturated carbocycles. The molecule has 0 radical (unpaired) electrons. The van der Waals surface area contributed by atoms with Gasteiger partial charge in [0.25, 0.3) is 0 Å². The van der Waals surface area contributed by atoms with Gasteiger partial charge in [-0.3, -0.25) is 9.59 Å². The van der Waals surface area contributed by atoms with E-state index in [2.05, 4.69) is 5.32 Å². The van der Waals surface area contributed by atoms with Crippen LogP contribution in [0, 0.1) is 10.8 Å². The summed E-state index contributed by atoms with van der Waals surface area (Å²) in [7, 11) is -3.28. The van der Waals surface area contributed by atoms with E-state index in [-0.39, 0.29) is 49.7 Å². The molecule has 16 heteroatoms. The van der Waals surface area contributed by atoms with E-state index < -0.39 is 52.6 Å². The van der Waals surface area contributed by atoms with Crippen LogP contribution in [0.25, 0.3) is 0 Å². The minimum absolute atomic E-state index is 0.00471. The Labute approximate surface area is 240 Å². The van der Waals surface area contributed by atoms with Crippen LogP contribution in [0.15, 0.2) is 0 Å². The number of rotatable bonds is 11. The lowest BCUT2D eigenvalue weighted by molar-refractivity contribution is -0.157. The Morgan fingerprint density at radius 3 is 2.37 bits per heavy atom. The first kappa shape index (κ1) is 32.8. The predicted octanol–water partition coefficient (Wildman–Crippen LogP) is 1.34. The van der Waals surface area contributed by atoms with Crippen molar-refractivity contribution in [1.29, 1.82) is 0 Å². The third kappa shape index (κ3) is 7.99. The van der Waals surface area contributed by atoms with Gasteiger partial charge in [0.05, 0.1) is 24.7 Å². The highest BCUT2D eigenvalue weighted by atomic mass is 32.3. The number of likely N-dealkylation sites (tertiary alicyclic amines) is 1. The summed E-state index contributed by atoms with van der Waals surface area (Å²) in [5, 5.41) is 13.3. The zero-order valence-electron chi connectivity index (χ0n) is 24.5. The average molecular weight is 607 g/mol. The summed E-state index contributed by atoms with van der Waals surface area (Å²) >= 11 is 0. The van der Waals surface area contributed by atoms with Crippen LogP contribution in [-0.4, -0.2) is 117 Å². The molecule has 0 spiro atoms. The van der Waals surface area contributed by atoms with Gasteiger partial charge < -0.3 is 29.7 Å². The zero-order chi connectivity index (χ0) is 30.8. The number of nitrogens with one attached hydrogen (secondary N) is 1. The molecule has 3 saturated heterocycles. The molecule has 2 unspecified atom stereocenters. The number of fused-ring (bicyclic) bond motifs is 2. The topological polar surface area (TPSA) is 181 Å². The Morgan fingerprint density at radius 2 is 1.76 bits per heavy atom. The van der Waals surface area contributed by atoms with Gasteiger partial charge >= 0.3 is 28.5 Å². The monoisotopic (exact) mass is 606 g/mol. The van der Waals surface area contributed by atoms with Crippen LogP contribution in [0.1, 0.15) is 60.3 Å². The van der Waals surface area contributed by atoms with Crippen molar-refractivity contribution in [1.82, 2.24) is 20.2 Å². The second-order valence-corrected chi connectivity index (χ2v) is 13.6.